The van der Waals surface area contributed by atoms with Crippen molar-refractivity contribution in [2.75, 3.05) is 32.9 Å². The summed E-state index contributed by atoms with van der Waals surface area (Å²) in [6.45, 7) is 3.68. The third-order valence-electron chi connectivity index (χ3n) is 5.24. The molecule has 2 aromatic carbocycles. The van der Waals surface area contributed by atoms with Crippen molar-refractivity contribution in [2.24, 2.45) is 5.41 Å². The van der Waals surface area contributed by atoms with Gasteiger partial charge in [-0.3, -0.25) is 4.90 Å². The van der Waals surface area contributed by atoms with Gasteiger partial charge in [-0.25, -0.2) is 0 Å². The Morgan fingerprint density at radius 1 is 1.14 bits per heavy atom. The number of ether oxygens (including phenoxy) is 1. The third-order valence-corrected chi connectivity index (χ3v) is 5.24. The third kappa shape index (κ3) is 2.34. The summed E-state index contributed by atoms with van der Waals surface area (Å²) >= 11 is 0. The van der Waals surface area contributed by atoms with E-state index in [-0.39, 0.29) is 12.0 Å². The summed E-state index contributed by atoms with van der Waals surface area (Å²) in [6, 6.07) is 15.7. The molecule has 116 valence electrons. The van der Waals surface area contributed by atoms with Crippen LogP contribution in [0.2, 0.25) is 0 Å². The second kappa shape index (κ2) is 5.65. The molecule has 2 aliphatic heterocycles. The quantitative estimate of drug-likeness (QED) is 0.941. The fraction of sp³-hybridized carbons (Fsp3) is 0.474. The van der Waals surface area contributed by atoms with E-state index < -0.39 is 0 Å². The molecule has 4 rings (SSSR count). The van der Waals surface area contributed by atoms with Gasteiger partial charge in [0.05, 0.1) is 25.2 Å². The average molecular weight is 297 g/mol. The van der Waals surface area contributed by atoms with Gasteiger partial charge in [-0.15, -0.1) is 0 Å². The molecular weight excluding hydrogens is 274 g/mol. The summed E-state index contributed by atoms with van der Waals surface area (Å²) in [5.41, 5.74) is 1.40. The van der Waals surface area contributed by atoms with E-state index in [0.717, 1.165) is 13.1 Å². The average Bonchev–Trinajstić information content (AvgIpc) is 2.98. The van der Waals surface area contributed by atoms with E-state index in [4.69, 9.17) is 4.74 Å². The number of rotatable bonds is 4. The van der Waals surface area contributed by atoms with Gasteiger partial charge in [-0.05, 0) is 35.7 Å². The fourth-order valence-electron chi connectivity index (χ4n) is 3.96. The van der Waals surface area contributed by atoms with Gasteiger partial charge in [-0.1, -0.05) is 42.5 Å². The van der Waals surface area contributed by atoms with Crippen molar-refractivity contribution in [3.05, 3.63) is 48.0 Å². The van der Waals surface area contributed by atoms with E-state index in [1.54, 1.807) is 0 Å². The maximum Gasteiger partial charge on any atom is 0.0579 e. The normalized spacial score (nSPS) is 24.5. The number of aliphatic hydroxyl groups is 1. The molecule has 3 heteroatoms. The Morgan fingerprint density at radius 2 is 1.95 bits per heavy atom. The first-order valence-electron chi connectivity index (χ1n) is 8.22. The van der Waals surface area contributed by atoms with E-state index in [1.165, 1.54) is 29.2 Å². The summed E-state index contributed by atoms with van der Waals surface area (Å²) in [4.78, 5) is 2.56. The molecule has 2 aliphatic rings. The van der Waals surface area contributed by atoms with Crippen molar-refractivity contribution in [3.63, 3.8) is 0 Å². The Morgan fingerprint density at radius 3 is 2.73 bits per heavy atom. The molecule has 0 saturated carbocycles. The van der Waals surface area contributed by atoms with Gasteiger partial charge in [0.2, 0.25) is 0 Å². The lowest BCUT2D eigenvalue weighted by Crippen LogP contribution is -2.53. The zero-order chi connectivity index (χ0) is 15.0. The zero-order valence-electron chi connectivity index (χ0n) is 12.9. The first-order chi connectivity index (χ1) is 10.8. The maximum atomic E-state index is 9.72. The Balaban J connectivity index is 1.65. The van der Waals surface area contributed by atoms with Crippen LogP contribution in [0.1, 0.15) is 24.4 Å². The van der Waals surface area contributed by atoms with E-state index in [2.05, 4.69) is 47.4 Å². The Hall–Kier alpha value is -1.42. The fourth-order valence-corrected chi connectivity index (χ4v) is 3.96. The molecule has 3 nitrogen and oxygen atoms in total. The van der Waals surface area contributed by atoms with Crippen LogP contribution in [-0.4, -0.2) is 42.9 Å². The van der Waals surface area contributed by atoms with Crippen LogP contribution in [0.15, 0.2) is 42.5 Å². The van der Waals surface area contributed by atoms with Crippen molar-refractivity contribution in [1.82, 2.24) is 4.90 Å². The second-order valence-corrected chi connectivity index (χ2v) is 6.85. The Kier molecular flexibility index (Phi) is 3.65. The van der Waals surface area contributed by atoms with Gasteiger partial charge in [0.25, 0.3) is 0 Å². The van der Waals surface area contributed by atoms with Crippen molar-refractivity contribution < 1.29 is 9.84 Å². The van der Waals surface area contributed by atoms with Crippen LogP contribution >= 0.6 is 0 Å². The van der Waals surface area contributed by atoms with Crippen LogP contribution in [0, 0.1) is 5.41 Å². The SMILES string of the molecule is OCC1(CN2CCCC2c2cccc3ccccc23)COC1. The molecule has 22 heavy (non-hydrogen) atoms. The molecule has 0 radical (unpaired) electrons. The highest BCUT2D eigenvalue weighted by molar-refractivity contribution is 5.86. The van der Waals surface area contributed by atoms with Gasteiger partial charge in [-0.2, -0.15) is 0 Å². The molecule has 2 saturated heterocycles. The highest BCUT2D eigenvalue weighted by Gasteiger charge is 2.42. The first kappa shape index (κ1) is 14.2. The van der Waals surface area contributed by atoms with Crippen LogP contribution in [0.3, 0.4) is 0 Å². The number of benzene rings is 2. The standard InChI is InChI=1S/C19H23NO2/c21-12-19(13-22-14-19)11-20-10-4-9-18(20)17-8-3-6-15-5-1-2-7-16(15)17/h1-3,5-8,18,21H,4,9-14H2. The number of hydrogen-bond acceptors (Lipinski definition) is 3. The Bertz CT molecular complexity index is 655. The largest absolute Gasteiger partial charge is 0.396 e. The highest BCUT2D eigenvalue weighted by atomic mass is 16.5. The van der Waals surface area contributed by atoms with Crippen LogP contribution in [0.4, 0.5) is 0 Å². The number of likely N-dealkylation sites (tertiary alicyclic amines) is 1. The molecule has 0 aliphatic carbocycles. The molecule has 2 heterocycles. The maximum absolute atomic E-state index is 9.72. The summed E-state index contributed by atoms with van der Waals surface area (Å²) in [7, 11) is 0. The molecule has 1 atom stereocenters. The number of aliphatic hydroxyl groups excluding tert-OH is 1. The molecule has 0 bridgehead atoms. The van der Waals surface area contributed by atoms with E-state index in [9.17, 15) is 5.11 Å². The minimum Gasteiger partial charge on any atom is -0.396 e. The summed E-state index contributed by atoms with van der Waals surface area (Å²) in [5.74, 6) is 0. The molecule has 2 aromatic rings. The van der Waals surface area contributed by atoms with Gasteiger partial charge < -0.3 is 9.84 Å². The molecule has 2 fully saturated rings. The summed E-state index contributed by atoms with van der Waals surface area (Å²) < 4.78 is 5.36. The second-order valence-electron chi connectivity index (χ2n) is 6.85. The van der Waals surface area contributed by atoms with Crippen molar-refractivity contribution in [1.29, 1.82) is 0 Å². The lowest BCUT2D eigenvalue weighted by atomic mass is 9.85. The smallest absolute Gasteiger partial charge is 0.0579 e. The van der Waals surface area contributed by atoms with Crippen molar-refractivity contribution in [3.8, 4) is 0 Å². The minimum absolute atomic E-state index is 0.0345. The zero-order valence-corrected chi connectivity index (χ0v) is 12.9. The first-order valence-corrected chi connectivity index (χ1v) is 8.22. The van der Waals surface area contributed by atoms with E-state index in [0.29, 0.717) is 19.3 Å². The minimum atomic E-state index is -0.0345. The van der Waals surface area contributed by atoms with Gasteiger partial charge in [0.1, 0.15) is 0 Å². The van der Waals surface area contributed by atoms with Gasteiger partial charge >= 0.3 is 0 Å². The highest BCUT2D eigenvalue weighted by Crippen LogP contribution is 2.39. The van der Waals surface area contributed by atoms with Crippen LogP contribution < -0.4 is 0 Å². The van der Waals surface area contributed by atoms with Crippen molar-refractivity contribution >= 4 is 10.8 Å². The van der Waals surface area contributed by atoms with E-state index >= 15 is 0 Å². The number of hydrogen-bond donors (Lipinski definition) is 1. The molecule has 1 N–H and O–H groups in total. The molecular formula is C19H23NO2. The molecule has 1 unspecified atom stereocenters. The predicted molar refractivity (Wildman–Crippen MR) is 87.8 cm³/mol. The van der Waals surface area contributed by atoms with Crippen LogP contribution in [0.25, 0.3) is 10.8 Å². The monoisotopic (exact) mass is 297 g/mol. The van der Waals surface area contributed by atoms with Gasteiger partial charge in [0, 0.05) is 12.6 Å². The van der Waals surface area contributed by atoms with Crippen LogP contribution in [-0.2, 0) is 4.74 Å². The Labute approximate surface area is 131 Å². The molecule has 0 spiro atoms. The topological polar surface area (TPSA) is 32.7 Å². The summed E-state index contributed by atoms with van der Waals surface area (Å²) in [6.07, 6.45) is 2.44. The predicted octanol–water partition coefficient (Wildman–Crippen LogP) is 2.99. The lowest BCUT2D eigenvalue weighted by Gasteiger charge is -2.43. The van der Waals surface area contributed by atoms with E-state index in [1.807, 2.05) is 0 Å². The van der Waals surface area contributed by atoms with Crippen molar-refractivity contribution in [2.45, 2.75) is 18.9 Å². The van der Waals surface area contributed by atoms with Gasteiger partial charge in [0.15, 0.2) is 0 Å². The van der Waals surface area contributed by atoms with Crippen LogP contribution in [0.5, 0.6) is 0 Å². The number of nitrogens with zero attached hydrogens (tertiary/aromatic N) is 1. The molecule has 0 aromatic heterocycles. The molecule has 0 amide bonds. The lowest BCUT2D eigenvalue weighted by molar-refractivity contribution is -0.149. The summed E-state index contributed by atoms with van der Waals surface area (Å²) in [5, 5.41) is 12.4. The number of fused-ring (bicyclic) bond motifs is 1.